The molecule has 2 rings (SSSR count). The predicted molar refractivity (Wildman–Crippen MR) is 66.2 cm³/mol. The van der Waals surface area contributed by atoms with E-state index in [0.29, 0.717) is 12.2 Å². The number of H-pyrrole nitrogens is 1. The number of rotatable bonds is 4. The molecule has 0 fully saturated rings. The third-order valence-electron chi connectivity index (χ3n) is 2.32. The molecule has 0 bridgehead atoms. The van der Waals surface area contributed by atoms with Crippen molar-refractivity contribution in [1.82, 2.24) is 4.98 Å². The number of benzene rings is 1. The minimum Gasteiger partial charge on any atom is -0.379 e. The zero-order valence-electron chi connectivity index (χ0n) is 8.81. The second-order valence-electron chi connectivity index (χ2n) is 3.47. The van der Waals surface area contributed by atoms with Crippen LogP contribution in [-0.2, 0) is 6.54 Å². The Labute approximate surface area is 103 Å². The van der Waals surface area contributed by atoms with E-state index in [1.54, 1.807) is 12.1 Å². The topological polar surface area (TPSA) is 71.0 Å². The summed E-state index contributed by atoms with van der Waals surface area (Å²) in [4.78, 5) is 13.1. The fraction of sp³-hybridized carbons (Fsp3) is 0.0909. The fourth-order valence-electron chi connectivity index (χ4n) is 1.46. The van der Waals surface area contributed by atoms with Crippen LogP contribution in [0.4, 0.5) is 11.4 Å². The number of halogens is 1. The molecule has 0 aliphatic heterocycles. The lowest BCUT2D eigenvalue weighted by Gasteiger charge is -2.07. The van der Waals surface area contributed by atoms with Gasteiger partial charge in [0.1, 0.15) is 5.02 Å². The highest BCUT2D eigenvalue weighted by molar-refractivity contribution is 6.35. The van der Waals surface area contributed by atoms with Crippen LogP contribution in [0.15, 0.2) is 36.7 Å². The van der Waals surface area contributed by atoms with Crippen molar-refractivity contribution in [2.75, 3.05) is 5.32 Å². The third kappa shape index (κ3) is 2.57. The standard InChI is InChI=1S/C11H10ClN3O2/c12-11-9(2-1-3-10(11)15(16)17)14-7-8-4-5-13-6-8/h1-6,13-14H,7H2. The fourth-order valence-corrected chi connectivity index (χ4v) is 1.72. The number of hydrogen-bond acceptors (Lipinski definition) is 3. The first kappa shape index (κ1) is 11.5. The zero-order valence-corrected chi connectivity index (χ0v) is 9.57. The lowest BCUT2D eigenvalue weighted by Crippen LogP contribution is -2.00. The van der Waals surface area contributed by atoms with E-state index in [1.165, 1.54) is 6.07 Å². The Hall–Kier alpha value is -2.01. The van der Waals surface area contributed by atoms with Crippen molar-refractivity contribution in [1.29, 1.82) is 0 Å². The Morgan fingerprint density at radius 3 is 2.88 bits per heavy atom. The van der Waals surface area contributed by atoms with E-state index in [2.05, 4.69) is 10.3 Å². The number of nitro groups is 1. The average Bonchev–Trinajstić information content (AvgIpc) is 2.80. The van der Waals surface area contributed by atoms with E-state index < -0.39 is 4.92 Å². The molecule has 0 atom stereocenters. The van der Waals surface area contributed by atoms with Gasteiger partial charge in [-0.2, -0.15) is 0 Å². The highest BCUT2D eigenvalue weighted by atomic mass is 35.5. The Bertz CT molecular complexity index is 526. The summed E-state index contributed by atoms with van der Waals surface area (Å²) in [5, 5.41) is 13.9. The van der Waals surface area contributed by atoms with E-state index in [0.717, 1.165) is 5.56 Å². The number of anilines is 1. The van der Waals surface area contributed by atoms with Gasteiger partial charge in [0.2, 0.25) is 0 Å². The van der Waals surface area contributed by atoms with Crippen LogP contribution in [0.2, 0.25) is 5.02 Å². The largest absolute Gasteiger partial charge is 0.379 e. The Kier molecular flexibility index (Phi) is 3.30. The van der Waals surface area contributed by atoms with Crippen LogP contribution in [0.1, 0.15) is 5.56 Å². The summed E-state index contributed by atoms with van der Waals surface area (Å²) in [6.07, 6.45) is 3.66. The highest BCUT2D eigenvalue weighted by Crippen LogP contribution is 2.31. The molecule has 6 heteroatoms. The van der Waals surface area contributed by atoms with Gasteiger partial charge < -0.3 is 10.3 Å². The third-order valence-corrected chi connectivity index (χ3v) is 2.72. The van der Waals surface area contributed by atoms with Gasteiger partial charge in [-0.15, -0.1) is 0 Å². The van der Waals surface area contributed by atoms with Crippen molar-refractivity contribution >= 4 is 23.0 Å². The van der Waals surface area contributed by atoms with Gasteiger partial charge in [0.05, 0.1) is 10.6 Å². The summed E-state index contributed by atoms with van der Waals surface area (Å²) in [6.45, 7) is 0.560. The van der Waals surface area contributed by atoms with Crippen molar-refractivity contribution in [3.05, 3.63) is 57.4 Å². The zero-order chi connectivity index (χ0) is 12.3. The van der Waals surface area contributed by atoms with Crippen LogP contribution in [0.3, 0.4) is 0 Å². The first-order chi connectivity index (χ1) is 8.18. The molecule has 0 unspecified atom stereocenters. The minimum absolute atomic E-state index is 0.0919. The quantitative estimate of drug-likeness (QED) is 0.648. The summed E-state index contributed by atoms with van der Waals surface area (Å²) < 4.78 is 0. The van der Waals surface area contributed by atoms with E-state index in [1.807, 2.05) is 18.5 Å². The first-order valence-corrected chi connectivity index (χ1v) is 5.34. The van der Waals surface area contributed by atoms with Crippen molar-refractivity contribution in [2.45, 2.75) is 6.54 Å². The molecule has 17 heavy (non-hydrogen) atoms. The molecular weight excluding hydrogens is 242 g/mol. The number of nitrogens with zero attached hydrogens (tertiary/aromatic N) is 1. The molecule has 88 valence electrons. The maximum Gasteiger partial charge on any atom is 0.289 e. The van der Waals surface area contributed by atoms with Crippen molar-refractivity contribution in [3.63, 3.8) is 0 Å². The Morgan fingerprint density at radius 1 is 1.41 bits per heavy atom. The summed E-state index contributed by atoms with van der Waals surface area (Å²) >= 11 is 5.93. The summed E-state index contributed by atoms with van der Waals surface area (Å²) in [5.74, 6) is 0. The first-order valence-electron chi connectivity index (χ1n) is 4.97. The van der Waals surface area contributed by atoms with Crippen molar-refractivity contribution in [2.24, 2.45) is 0 Å². The maximum atomic E-state index is 10.7. The molecule has 1 heterocycles. The number of aromatic nitrogens is 1. The SMILES string of the molecule is O=[N+]([O-])c1cccc(NCc2cc[nH]c2)c1Cl. The number of nitro benzene ring substituents is 1. The summed E-state index contributed by atoms with van der Waals surface area (Å²) in [7, 11) is 0. The highest BCUT2D eigenvalue weighted by Gasteiger charge is 2.14. The van der Waals surface area contributed by atoms with Gasteiger partial charge in [-0.1, -0.05) is 17.7 Å². The van der Waals surface area contributed by atoms with E-state index in [9.17, 15) is 10.1 Å². The van der Waals surface area contributed by atoms with Crippen LogP contribution in [-0.4, -0.2) is 9.91 Å². The van der Waals surface area contributed by atoms with Gasteiger partial charge in [-0.25, -0.2) is 0 Å². The van der Waals surface area contributed by atoms with E-state index in [4.69, 9.17) is 11.6 Å². The average molecular weight is 252 g/mol. The van der Waals surface area contributed by atoms with Gasteiger partial charge in [0, 0.05) is 25.0 Å². The Balaban J connectivity index is 2.16. The molecule has 0 saturated heterocycles. The Morgan fingerprint density at radius 2 is 2.24 bits per heavy atom. The molecular formula is C11H10ClN3O2. The molecule has 2 N–H and O–H groups in total. The van der Waals surface area contributed by atoms with Crippen molar-refractivity contribution < 1.29 is 4.92 Å². The van der Waals surface area contributed by atoms with Crippen LogP contribution >= 0.6 is 11.6 Å². The smallest absolute Gasteiger partial charge is 0.289 e. The molecule has 0 amide bonds. The summed E-state index contributed by atoms with van der Waals surface area (Å²) in [5.41, 5.74) is 1.51. The molecule has 2 aromatic rings. The van der Waals surface area contributed by atoms with E-state index >= 15 is 0 Å². The molecule has 0 saturated carbocycles. The predicted octanol–water partition coefficient (Wildman–Crippen LogP) is 3.19. The number of aromatic amines is 1. The molecule has 0 radical (unpaired) electrons. The molecule has 1 aromatic carbocycles. The van der Waals surface area contributed by atoms with E-state index in [-0.39, 0.29) is 10.7 Å². The summed E-state index contributed by atoms with van der Waals surface area (Å²) in [6, 6.07) is 6.60. The molecule has 1 aromatic heterocycles. The van der Waals surface area contributed by atoms with Crippen molar-refractivity contribution in [3.8, 4) is 0 Å². The van der Waals surface area contributed by atoms with Crippen LogP contribution in [0.5, 0.6) is 0 Å². The van der Waals surface area contributed by atoms with Gasteiger partial charge in [0.15, 0.2) is 0 Å². The van der Waals surface area contributed by atoms with Crippen LogP contribution < -0.4 is 5.32 Å². The number of nitrogens with one attached hydrogen (secondary N) is 2. The van der Waals surface area contributed by atoms with Gasteiger partial charge in [-0.3, -0.25) is 10.1 Å². The monoisotopic (exact) mass is 251 g/mol. The van der Waals surface area contributed by atoms with Crippen LogP contribution in [0, 0.1) is 10.1 Å². The number of hydrogen-bond donors (Lipinski definition) is 2. The molecule has 0 aliphatic rings. The normalized spacial score (nSPS) is 10.2. The molecule has 0 aliphatic carbocycles. The minimum atomic E-state index is -0.496. The lowest BCUT2D eigenvalue weighted by molar-refractivity contribution is -0.384. The second-order valence-corrected chi connectivity index (χ2v) is 3.85. The molecule has 0 spiro atoms. The van der Waals surface area contributed by atoms with Gasteiger partial charge >= 0.3 is 0 Å². The van der Waals surface area contributed by atoms with Gasteiger partial charge in [-0.05, 0) is 17.7 Å². The maximum absolute atomic E-state index is 10.7. The van der Waals surface area contributed by atoms with Crippen LogP contribution in [0.25, 0.3) is 0 Å². The van der Waals surface area contributed by atoms with Gasteiger partial charge in [0.25, 0.3) is 5.69 Å². The lowest BCUT2D eigenvalue weighted by atomic mass is 10.2. The second kappa shape index (κ2) is 4.88. The molecule has 5 nitrogen and oxygen atoms in total.